The first-order valence-corrected chi connectivity index (χ1v) is 5.99. The molecule has 1 aromatic rings. The van der Waals surface area contributed by atoms with E-state index < -0.39 is 0 Å². The Morgan fingerprint density at radius 2 is 2.00 bits per heavy atom. The molecule has 0 spiro atoms. The van der Waals surface area contributed by atoms with Gasteiger partial charge in [-0.05, 0) is 39.0 Å². The third-order valence-corrected chi connectivity index (χ3v) is 3.08. The maximum Gasteiger partial charge on any atom is 0.268 e. The van der Waals surface area contributed by atoms with Crippen LogP contribution in [0.4, 0.5) is 0 Å². The normalized spacial score (nSPS) is 11.2. The lowest BCUT2D eigenvalue weighted by atomic mass is 9.86. The van der Waals surface area contributed by atoms with E-state index in [1.165, 1.54) is 7.11 Å². The smallest absolute Gasteiger partial charge is 0.268 e. The van der Waals surface area contributed by atoms with Crippen molar-refractivity contribution in [1.29, 1.82) is 0 Å². The zero-order valence-electron chi connectivity index (χ0n) is 10.4. The summed E-state index contributed by atoms with van der Waals surface area (Å²) in [7, 11) is 1.52. The summed E-state index contributed by atoms with van der Waals surface area (Å²) in [6.07, 6.45) is 0. The number of rotatable bonds is 2. The molecule has 0 bridgehead atoms. The van der Waals surface area contributed by atoms with Gasteiger partial charge in [0.05, 0.1) is 17.1 Å². The number of hydrogen-bond acceptors (Lipinski definition) is 3. The fourth-order valence-corrected chi connectivity index (χ4v) is 2.10. The minimum absolute atomic E-state index is 0.0571. The predicted molar refractivity (Wildman–Crippen MR) is 71.0 cm³/mol. The zero-order valence-corrected chi connectivity index (χ0v) is 12.0. The molecule has 0 atom stereocenters. The molecule has 0 radical (unpaired) electrons. The number of hydrogen-bond donors (Lipinski definition) is 2. The average Bonchev–Trinajstić information content (AvgIpc) is 2.25. The first-order chi connectivity index (χ1) is 7.81. The Morgan fingerprint density at radius 3 is 2.41 bits per heavy atom. The molecule has 0 unspecified atom stereocenters. The SMILES string of the molecule is COc1c(Br)cc(C(C)(C)C)cc1C(=O)NN. The topological polar surface area (TPSA) is 64.3 Å². The molecule has 0 aliphatic rings. The lowest BCUT2D eigenvalue weighted by Gasteiger charge is -2.21. The average molecular weight is 301 g/mol. The van der Waals surface area contributed by atoms with Crippen LogP contribution in [-0.2, 0) is 5.41 Å². The van der Waals surface area contributed by atoms with Crippen molar-refractivity contribution in [2.75, 3.05) is 7.11 Å². The summed E-state index contributed by atoms with van der Waals surface area (Å²) >= 11 is 3.40. The molecular weight excluding hydrogens is 284 g/mol. The van der Waals surface area contributed by atoms with E-state index >= 15 is 0 Å². The molecule has 0 saturated heterocycles. The standard InChI is InChI=1S/C12H17BrN2O2/c1-12(2,3)7-5-8(11(16)15-14)10(17-4)9(13)6-7/h5-6H,14H2,1-4H3,(H,15,16). The number of hydrazine groups is 1. The van der Waals surface area contributed by atoms with Crippen molar-refractivity contribution in [1.82, 2.24) is 5.43 Å². The van der Waals surface area contributed by atoms with E-state index in [1.54, 1.807) is 6.07 Å². The van der Waals surface area contributed by atoms with Gasteiger partial charge in [-0.1, -0.05) is 20.8 Å². The van der Waals surface area contributed by atoms with E-state index in [4.69, 9.17) is 10.6 Å². The Kier molecular flexibility index (Phi) is 4.16. The molecule has 94 valence electrons. The molecule has 3 N–H and O–H groups in total. The number of nitrogens with two attached hydrogens (primary N) is 1. The Balaban J connectivity index is 3.44. The Morgan fingerprint density at radius 1 is 1.41 bits per heavy atom. The number of methoxy groups -OCH3 is 1. The molecule has 0 saturated carbocycles. The quantitative estimate of drug-likeness (QED) is 0.501. The van der Waals surface area contributed by atoms with Gasteiger partial charge in [-0.2, -0.15) is 0 Å². The second kappa shape index (κ2) is 5.06. The molecule has 17 heavy (non-hydrogen) atoms. The van der Waals surface area contributed by atoms with Gasteiger partial charge in [0.15, 0.2) is 0 Å². The van der Waals surface area contributed by atoms with Crippen molar-refractivity contribution in [3.05, 3.63) is 27.7 Å². The van der Waals surface area contributed by atoms with Crippen LogP contribution < -0.4 is 16.0 Å². The summed E-state index contributed by atoms with van der Waals surface area (Å²) in [6, 6.07) is 3.75. The molecule has 0 fully saturated rings. The number of nitrogens with one attached hydrogen (secondary N) is 1. The largest absolute Gasteiger partial charge is 0.495 e. The number of amides is 1. The summed E-state index contributed by atoms with van der Waals surface area (Å²) in [4.78, 5) is 11.7. The molecule has 1 amide bonds. The zero-order chi connectivity index (χ0) is 13.2. The van der Waals surface area contributed by atoms with Gasteiger partial charge in [0, 0.05) is 0 Å². The molecule has 0 heterocycles. The van der Waals surface area contributed by atoms with Crippen molar-refractivity contribution in [2.24, 2.45) is 5.84 Å². The minimum atomic E-state index is -0.367. The third-order valence-electron chi connectivity index (χ3n) is 2.49. The Bertz CT molecular complexity index is 439. The summed E-state index contributed by atoms with van der Waals surface area (Å²) in [5.74, 6) is 5.29. The van der Waals surface area contributed by atoms with Crippen LogP contribution in [0.5, 0.6) is 5.75 Å². The minimum Gasteiger partial charge on any atom is -0.495 e. The van der Waals surface area contributed by atoms with Gasteiger partial charge in [0.1, 0.15) is 5.75 Å². The summed E-state index contributed by atoms with van der Waals surface area (Å²) in [5, 5.41) is 0. The maximum atomic E-state index is 11.7. The van der Waals surface area contributed by atoms with Crippen LogP contribution in [0, 0.1) is 0 Å². The molecule has 1 aromatic carbocycles. The summed E-state index contributed by atoms with van der Waals surface area (Å²) < 4.78 is 5.95. The van der Waals surface area contributed by atoms with Crippen LogP contribution in [-0.4, -0.2) is 13.0 Å². The number of carbonyl (C=O) groups is 1. The van der Waals surface area contributed by atoms with E-state index in [9.17, 15) is 4.79 Å². The highest BCUT2D eigenvalue weighted by molar-refractivity contribution is 9.10. The van der Waals surface area contributed by atoms with E-state index in [-0.39, 0.29) is 11.3 Å². The summed E-state index contributed by atoms with van der Waals surface area (Å²) in [6.45, 7) is 6.22. The molecule has 1 rings (SSSR count). The van der Waals surface area contributed by atoms with Crippen molar-refractivity contribution < 1.29 is 9.53 Å². The highest BCUT2D eigenvalue weighted by Gasteiger charge is 2.21. The molecule has 5 heteroatoms. The number of halogens is 1. The van der Waals surface area contributed by atoms with Crippen LogP contribution in [0.25, 0.3) is 0 Å². The van der Waals surface area contributed by atoms with Gasteiger partial charge in [0.25, 0.3) is 5.91 Å². The Hall–Kier alpha value is -1.07. The first kappa shape index (κ1) is 14.0. The van der Waals surface area contributed by atoms with Crippen molar-refractivity contribution in [2.45, 2.75) is 26.2 Å². The lowest BCUT2D eigenvalue weighted by molar-refractivity contribution is 0.0950. The van der Waals surface area contributed by atoms with Crippen LogP contribution >= 0.6 is 15.9 Å². The van der Waals surface area contributed by atoms with Crippen LogP contribution in [0.15, 0.2) is 16.6 Å². The van der Waals surface area contributed by atoms with Gasteiger partial charge in [-0.25, -0.2) is 5.84 Å². The van der Waals surface area contributed by atoms with Crippen LogP contribution in [0.3, 0.4) is 0 Å². The molecule has 0 aliphatic heterocycles. The number of benzene rings is 1. The van der Waals surface area contributed by atoms with Crippen LogP contribution in [0.1, 0.15) is 36.7 Å². The van der Waals surface area contributed by atoms with E-state index in [2.05, 4.69) is 42.1 Å². The van der Waals surface area contributed by atoms with Crippen molar-refractivity contribution >= 4 is 21.8 Å². The third kappa shape index (κ3) is 2.98. The van der Waals surface area contributed by atoms with Gasteiger partial charge >= 0.3 is 0 Å². The van der Waals surface area contributed by atoms with Gasteiger partial charge in [0.2, 0.25) is 0 Å². The van der Waals surface area contributed by atoms with E-state index in [0.29, 0.717) is 11.3 Å². The summed E-state index contributed by atoms with van der Waals surface area (Å²) in [5.41, 5.74) is 3.52. The van der Waals surface area contributed by atoms with Crippen molar-refractivity contribution in [3.8, 4) is 5.75 Å². The highest BCUT2D eigenvalue weighted by atomic mass is 79.9. The van der Waals surface area contributed by atoms with Gasteiger partial charge in [-0.3, -0.25) is 10.2 Å². The molecule has 0 aromatic heterocycles. The number of carbonyl (C=O) groups excluding carboxylic acids is 1. The second-order valence-electron chi connectivity index (χ2n) is 4.76. The van der Waals surface area contributed by atoms with Gasteiger partial charge in [-0.15, -0.1) is 0 Å². The number of nitrogen functional groups attached to an aromatic ring is 1. The van der Waals surface area contributed by atoms with E-state index in [0.717, 1.165) is 10.0 Å². The van der Waals surface area contributed by atoms with E-state index in [1.807, 2.05) is 6.07 Å². The maximum absolute atomic E-state index is 11.7. The van der Waals surface area contributed by atoms with Crippen LogP contribution in [0.2, 0.25) is 0 Å². The predicted octanol–water partition coefficient (Wildman–Crippen LogP) is 2.36. The molecule has 0 aliphatic carbocycles. The lowest BCUT2D eigenvalue weighted by Crippen LogP contribution is -2.30. The van der Waals surface area contributed by atoms with Crippen molar-refractivity contribution in [3.63, 3.8) is 0 Å². The monoisotopic (exact) mass is 300 g/mol. The Labute approximate surface area is 110 Å². The number of ether oxygens (including phenoxy) is 1. The molecule has 4 nitrogen and oxygen atoms in total. The highest BCUT2D eigenvalue weighted by Crippen LogP contribution is 2.34. The second-order valence-corrected chi connectivity index (χ2v) is 5.62. The first-order valence-electron chi connectivity index (χ1n) is 5.20. The molecular formula is C12H17BrN2O2. The fourth-order valence-electron chi connectivity index (χ4n) is 1.48. The van der Waals surface area contributed by atoms with Gasteiger partial charge < -0.3 is 4.74 Å². The fraction of sp³-hybridized carbons (Fsp3) is 0.417.